The molecule has 2 N–H and O–H groups in total. The van der Waals surface area contributed by atoms with Gasteiger partial charge < -0.3 is 15.5 Å². The summed E-state index contributed by atoms with van der Waals surface area (Å²) in [5.74, 6) is 0.615. The number of rotatable bonds is 4. The predicted molar refractivity (Wildman–Crippen MR) is 119 cm³/mol. The van der Waals surface area contributed by atoms with Gasteiger partial charge in [0, 0.05) is 36.6 Å². The maximum atomic E-state index is 13.5. The maximum Gasteiger partial charge on any atom is 0.191 e. The number of piperidine rings is 2. The van der Waals surface area contributed by atoms with Crippen molar-refractivity contribution < 1.29 is 4.39 Å². The Labute approximate surface area is 177 Å². The standard InChI is InChI=1S/C19H29FN4S.HI/c1-21-19(22-12-13-9-14(20)7-8-18(13)25-3)23-15-10-16-5-4-6-17(11-15)24(16)2;/h7-9,15-17H,4-6,10-12H2,1-3H3,(H2,21,22,23);1H. The second-order valence-electron chi connectivity index (χ2n) is 7.10. The Morgan fingerprint density at radius 1 is 1.31 bits per heavy atom. The highest BCUT2D eigenvalue weighted by atomic mass is 127. The summed E-state index contributed by atoms with van der Waals surface area (Å²) in [4.78, 5) is 8.03. The van der Waals surface area contributed by atoms with Gasteiger partial charge in [-0.1, -0.05) is 6.42 Å². The molecule has 2 unspecified atom stereocenters. The van der Waals surface area contributed by atoms with E-state index in [4.69, 9.17) is 0 Å². The van der Waals surface area contributed by atoms with Crippen LogP contribution in [0.5, 0.6) is 0 Å². The number of nitrogens with zero attached hydrogens (tertiary/aromatic N) is 2. The third-order valence-electron chi connectivity index (χ3n) is 5.59. The van der Waals surface area contributed by atoms with E-state index >= 15 is 0 Å². The van der Waals surface area contributed by atoms with E-state index in [9.17, 15) is 4.39 Å². The summed E-state index contributed by atoms with van der Waals surface area (Å²) >= 11 is 1.64. The summed E-state index contributed by atoms with van der Waals surface area (Å²) in [5.41, 5.74) is 0.968. The summed E-state index contributed by atoms with van der Waals surface area (Å²) in [6.07, 6.45) is 8.32. The van der Waals surface area contributed by atoms with Gasteiger partial charge in [-0.2, -0.15) is 0 Å². The van der Waals surface area contributed by atoms with Crippen LogP contribution in [0.4, 0.5) is 4.39 Å². The summed E-state index contributed by atoms with van der Waals surface area (Å²) < 4.78 is 13.5. The number of guanidine groups is 1. The van der Waals surface area contributed by atoms with Crippen LogP contribution in [-0.4, -0.2) is 49.3 Å². The molecule has 0 aromatic heterocycles. The van der Waals surface area contributed by atoms with E-state index in [0.29, 0.717) is 24.7 Å². The number of fused-ring (bicyclic) bond motifs is 2. The van der Waals surface area contributed by atoms with E-state index in [1.54, 1.807) is 24.9 Å². The molecule has 0 saturated carbocycles. The molecule has 0 radical (unpaired) electrons. The molecule has 7 heteroatoms. The molecular formula is C19H30FIN4S. The molecule has 0 spiro atoms. The minimum Gasteiger partial charge on any atom is -0.354 e. The molecule has 4 nitrogen and oxygen atoms in total. The molecule has 0 aliphatic carbocycles. The van der Waals surface area contributed by atoms with Crippen LogP contribution in [-0.2, 0) is 6.54 Å². The summed E-state index contributed by atoms with van der Waals surface area (Å²) in [6.45, 7) is 0.576. The Bertz CT molecular complexity index is 614. The van der Waals surface area contributed by atoms with Crippen molar-refractivity contribution in [2.75, 3.05) is 20.4 Å². The molecule has 2 heterocycles. The van der Waals surface area contributed by atoms with Gasteiger partial charge in [-0.3, -0.25) is 4.99 Å². The number of thioether (sulfide) groups is 1. The zero-order valence-electron chi connectivity index (χ0n) is 15.8. The first kappa shape index (κ1) is 21.8. The largest absolute Gasteiger partial charge is 0.354 e. The van der Waals surface area contributed by atoms with Crippen molar-refractivity contribution in [1.29, 1.82) is 0 Å². The van der Waals surface area contributed by atoms with Gasteiger partial charge in [0.25, 0.3) is 0 Å². The maximum absolute atomic E-state index is 13.5. The van der Waals surface area contributed by atoms with Gasteiger partial charge in [0.15, 0.2) is 5.96 Å². The molecule has 3 rings (SSSR count). The lowest BCUT2D eigenvalue weighted by Crippen LogP contribution is -2.56. The second-order valence-corrected chi connectivity index (χ2v) is 7.95. The lowest BCUT2D eigenvalue weighted by Gasteiger charge is -2.47. The van der Waals surface area contributed by atoms with E-state index in [1.165, 1.54) is 38.2 Å². The zero-order valence-corrected chi connectivity index (χ0v) is 18.9. The fourth-order valence-electron chi connectivity index (χ4n) is 4.19. The van der Waals surface area contributed by atoms with Gasteiger partial charge in [0.05, 0.1) is 0 Å². The van der Waals surface area contributed by atoms with Crippen LogP contribution >= 0.6 is 35.7 Å². The van der Waals surface area contributed by atoms with Gasteiger partial charge in [-0.15, -0.1) is 35.7 Å². The highest BCUT2D eigenvalue weighted by Crippen LogP contribution is 2.32. The molecule has 2 aliphatic heterocycles. The van der Waals surface area contributed by atoms with E-state index in [2.05, 4.69) is 27.6 Å². The first-order chi connectivity index (χ1) is 12.1. The van der Waals surface area contributed by atoms with E-state index < -0.39 is 0 Å². The molecule has 0 amide bonds. The number of benzene rings is 1. The Kier molecular flexibility index (Phi) is 8.47. The number of halogens is 2. The molecule has 2 saturated heterocycles. The molecule has 2 atom stereocenters. The van der Waals surface area contributed by atoms with Gasteiger partial charge in [0.2, 0.25) is 0 Å². The summed E-state index contributed by atoms with van der Waals surface area (Å²) in [7, 11) is 4.07. The van der Waals surface area contributed by atoms with Gasteiger partial charge in [-0.25, -0.2) is 4.39 Å². The van der Waals surface area contributed by atoms with E-state index in [1.807, 2.05) is 12.3 Å². The highest BCUT2D eigenvalue weighted by molar-refractivity contribution is 14.0. The Hall–Kier alpha value is -0.540. The van der Waals surface area contributed by atoms with Crippen LogP contribution < -0.4 is 10.6 Å². The molecule has 2 aliphatic rings. The normalized spacial score (nSPS) is 26.2. The quantitative estimate of drug-likeness (QED) is 0.290. The van der Waals surface area contributed by atoms with Crippen molar-refractivity contribution in [3.63, 3.8) is 0 Å². The average molecular weight is 492 g/mol. The third kappa shape index (κ3) is 5.25. The highest BCUT2D eigenvalue weighted by Gasteiger charge is 2.36. The second kappa shape index (κ2) is 10.1. The first-order valence-corrected chi connectivity index (χ1v) is 10.3. The van der Waals surface area contributed by atoms with Gasteiger partial charge in [0.1, 0.15) is 5.82 Å². The van der Waals surface area contributed by atoms with Crippen LogP contribution in [0.3, 0.4) is 0 Å². The minimum absolute atomic E-state index is 0. The van der Waals surface area contributed by atoms with Crippen LogP contribution in [0.1, 0.15) is 37.7 Å². The first-order valence-electron chi connectivity index (χ1n) is 9.12. The molecule has 1 aromatic rings. The molecule has 1 aromatic carbocycles. The van der Waals surface area contributed by atoms with Crippen LogP contribution in [0, 0.1) is 5.82 Å². The Morgan fingerprint density at radius 2 is 2.00 bits per heavy atom. The average Bonchev–Trinajstić information content (AvgIpc) is 2.59. The Morgan fingerprint density at radius 3 is 2.62 bits per heavy atom. The monoisotopic (exact) mass is 492 g/mol. The summed E-state index contributed by atoms with van der Waals surface area (Å²) in [6, 6.07) is 6.80. The predicted octanol–water partition coefficient (Wildman–Crippen LogP) is 3.85. The fraction of sp³-hybridized carbons (Fsp3) is 0.632. The van der Waals surface area contributed by atoms with Crippen molar-refractivity contribution in [1.82, 2.24) is 15.5 Å². The SMILES string of the molecule is CN=C(NCc1cc(F)ccc1SC)NC1CC2CCCC(C1)N2C.I. The van der Waals surface area contributed by atoms with Crippen molar-refractivity contribution in [2.24, 2.45) is 4.99 Å². The Balaban J connectivity index is 0.00000243. The third-order valence-corrected chi connectivity index (χ3v) is 6.43. The van der Waals surface area contributed by atoms with Crippen LogP contribution in [0.25, 0.3) is 0 Å². The van der Waals surface area contributed by atoms with Crippen LogP contribution in [0.2, 0.25) is 0 Å². The number of nitrogens with one attached hydrogen (secondary N) is 2. The lowest BCUT2D eigenvalue weighted by atomic mass is 9.82. The lowest BCUT2D eigenvalue weighted by molar-refractivity contribution is 0.0526. The fourth-order valence-corrected chi connectivity index (χ4v) is 4.78. The molecular weight excluding hydrogens is 462 g/mol. The number of hydrogen-bond donors (Lipinski definition) is 2. The number of aliphatic imine (C=N–C) groups is 1. The number of hydrogen-bond acceptors (Lipinski definition) is 3. The van der Waals surface area contributed by atoms with Crippen molar-refractivity contribution in [2.45, 2.75) is 61.7 Å². The van der Waals surface area contributed by atoms with Crippen molar-refractivity contribution in [3.8, 4) is 0 Å². The van der Waals surface area contributed by atoms with E-state index in [0.717, 1.165) is 16.4 Å². The minimum atomic E-state index is -0.194. The smallest absolute Gasteiger partial charge is 0.191 e. The topological polar surface area (TPSA) is 39.7 Å². The van der Waals surface area contributed by atoms with Crippen molar-refractivity contribution in [3.05, 3.63) is 29.6 Å². The zero-order chi connectivity index (χ0) is 17.8. The van der Waals surface area contributed by atoms with E-state index in [-0.39, 0.29) is 29.8 Å². The molecule has 26 heavy (non-hydrogen) atoms. The van der Waals surface area contributed by atoms with Crippen molar-refractivity contribution >= 4 is 41.7 Å². The molecule has 2 fully saturated rings. The van der Waals surface area contributed by atoms with Gasteiger partial charge >= 0.3 is 0 Å². The van der Waals surface area contributed by atoms with Crippen LogP contribution in [0.15, 0.2) is 28.1 Å². The summed E-state index contributed by atoms with van der Waals surface area (Å²) in [5, 5.41) is 6.95. The molecule has 146 valence electrons. The van der Waals surface area contributed by atoms with Gasteiger partial charge in [-0.05, 0) is 62.7 Å². The molecule has 2 bridgehead atoms.